The molecule has 0 spiro atoms. The summed E-state index contributed by atoms with van der Waals surface area (Å²) < 4.78 is 5.82. The van der Waals surface area contributed by atoms with Crippen LogP contribution in [0.2, 0.25) is 0 Å². The average molecular weight is 285 g/mol. The minimum atomic E-state index is 0.304. The molecule has 0 radical (unpaired) electrons. The smallest absolute Gasteiger partial charge is 0.120 e. The molecule has 0 saturated carbocycles. The molecule has 0 amide bonds. The van der Waals surface area contributed by atoms with E-state index in [9.17, 15) is 0 Å². The molecule has 1 heterocycles. The molecule has 1 N–H and O–H groups in total. The lowest BCUT2D eigenvalue weighted by atomic mass is 10.1. The van der Waals surface area contributed by atoms with Crippen molar-refractivity contribution in [3.8, 4) is 5.75 Å². The van der Waals surface area contributed by atoms with Crippen LogP contribution in [0.15, 0.2) is 48.8 Å². The second kappa shape index (κ2) is 9.14. The topological polar surface area (TPSA) is 42.4 Å². The number of aromatic nitrogens is 1. The van der Waals surface area contributed by atoms with Crippen molar-refractivity contribution >= 4 is 0 Å². The Bertz CT molecular complexity index is 514. The Labute approximate surface area is 126 Å². The number of hydrogen-bond acceptors (Lipinski definition) is 3. The number of aliphatic hydroxyl groups is 1. The van der Waals surface area contributed by atoms with Crippen LogP contribution in [-0.4, -0.2) is 16.7 Å². The molecule has 1 aromatic heterocycles. The van der Waals surface area contributed by atoms with Crippen LogP contribution in [0, 0.1) is 0 Å². The minimum Gasteiger partial charge on any atom is -0.489 e. The Kier molecular flexibility index (Phi) is 6.75. The molecular weight excluding hydrogens is 262 g/mol. The summed E-state index contributed by atoms with van der Waals surface area (Å²) in [7, 11) is 0. The molecule has 3 nitrogen and oxygen atoms in total. The van der Waals surface area contributed by atoms with E-state index in [1.54, 1.807) is 12.4 Å². The van der Waals surface area contributed by atoms with E-state index >= 15 is 0 Å². The number of rotatable bonds is 9. The predicted molar refractivity (Wildman–Crippen MR) is 84.3 cm³/mol. The highest BCUT2D eigenvalue weighted by Gasteiger charge is 1.99. The third-order valence-corrected chi connectivity index (χ3v) is 3.43. The SMILES string of the molecule is OCCCCCCc1cccc(OCc2ccncc2)c1. The van der Waals surface area contributed by atoms with Crippen LogP contribution in [-0.2, 0) is 13.0 Å². The lowest BCUT2D eigenvalue weighted by Crippen LogP contribution is -1.96. The van der Waals surface area contributed by atoms with Crippen molar-refractivity contribution in [3.63, 3.8) is 0 Å². The fourth-order valence-electron chi connectivity index (χ4n) is 2.23. The fraction of sp³-hybridized carbons (Fsp3) is 0.389. The van der Waals surface area contributed by atoms with Crippen molar-refractivity contribution in [1.82, 2.24) is 4.98 Å². The molecule has 0 saturated heterocycles. The molecule has 112 valence electrons. The van der Waals surface area contributed by atoms with Gasteiger partial charge in [0, 0.05) is 19.0 Å². The maximum absolute atomic E-state index is 8.75. The quantitative estimate of drug-likeness (QED) is 0.713. The largest absolute Gasteiger partial charge is 0.489 e. The van der Waals surface area contributed by atoms with Crippen molar-refractivity contribution in [2.75, 3.05) is 6.61 Å². The first-order chi connectivity index (χ1) is 10.4. The van der Waals surface area contributed by atoms with Gasteiger partial charge in [0.2, 0.25) is 0 Å². The van der Waals surface area contributed by atoms with Crippen molar-refractivity contribution in [2.45, 2.75) is 38.7 Å². The molecule has 0 aliphatic carbocycles. The summed E-state index contributed by atoms with van der Waals surface area (Å²) in [6.07, 6.45) is 8.97. The number of ether oxygens (including phenoxy) is 1. The van der Waals surface area contributed by atoms with E-state index in [0.717, 1.165) is 37.0 Å². The number of pyridine rings is 1. The van der Waals surface area contributed by atoms with Crippen LogP contribution < -0.4 is 4.74 Å². The zero-order chi connectivity index (χ0) is 14.8. The van der Waals surface area contributed by atoms with E-state index in [1.165, 1.54) is 12.0 Å². The Hall–Kier alpha value is -1.87. The van der Waals surface area contributed by atoms with Crippen molar-refractivity contribution in [1.29, 1.82) is 0 Å². The first kappa shape index (κ1) is 15.5. The molecule has 1 aromatic carbocycles. The Morgan fingerprint density at radius 3 is 2.52 bits per heavy atom. The predicted octanol–water partition coefficient (Wildman–Crippen LogP) is 3.76. The summed E-state index contributed by atoms with van der Waals surface area (Å²) in [6, 6.07) is 12.2. The van der Waals surface area contributed by atoms with E-state index in [4.69, 9.17) is 9.84 Å². The molecular formula is C18H23NO2. The molecule has 0 bridgehead atoms. The summed E-state index contributed by atoms with van der Waals surface area (Å²) in [5.74, 6) is 0.916. The van der Waals surface area contributed by atoms with E-state index in [2.05, 4.69) is 17.1 Å². The summed E-state index contributed by atoms with van der Waals surface area (Å²) in [4.78, 5) is 4.00. The molecule has 0 aliphatic heterocycles. The van der Waals surface area contributed by atoms with Gasteiger partial charge in [-0.1, -0.05) is 25.0 Å². The normalized spacial score (nSPS) is 10.5. The van der Waals surface area contributed by atoms with Gasteiger partial charge < -0.3 is 9.84 Å². The Morgan fingerprint density at radius 2 is 1.71 bits per heavy atom. The third-order valence-electron chi connectivity index (χ3n) is 3.43. The molecule has 2 rings (SSSR count). The highest BCUT2D eigenvalue weighted by molar-refractivity contribution is 5.29. The van der Waals surface area contributed by atoms with Gasteiger partial charge in [-0.3, -0.25) is 4.98 Å². The first-order valence-electron chi connectivity index (χ1n) is 7.60. The third kappa shape index (κ3) is 5.96. The molecule has 3 heteroatoms. The van der Waals surface area contributed by atoms with Gasteiger partial charge in [-0.2, -0.15) is 0 Å². The van der Waals surface area contributed by atoms with Crippen LogP contribution in [0.25, 0.3) is 0 Å². The fourth-order valence-corrected chi connectivity index (χ4v) is 2.23. The first-order valence-corrected chi connectivity index (χ1v) is 7.60. The lowest BCUT2D eigenvalue weighted by molar-refractivity contribution is 0.282. The summed E-state index contributed by atoms with van der Waals surface area (Å²) in [6.45, 7) is 0.876. The molecule has 21 heavy (non-hydrogen) atoms. The van der Waals surface area contributed by atoms with Crippen LogP contribution in [0.3, 0.4) is 0 Å². The Balaban J connectivity index is 1.77. The number of nitrogens with zero attached hydrogens (tertiary/aromatic N) is 1. The number of benzene rings is 1. The number of hydrogen-bond donors (Lipinski definition) is 1. The van der Waals surface area contributed by atoms with E-state index in [0.29, 0.717) is 13.2 Å². The van der Waals surface area contributed by atoms with Gasteiger partial charge in [-0.15, -0.1) is 0 Å². The standard InChI is InChI=1S/C18H23NO2/c20-13-4-2-1-3-6-16-7-5-8-18(14-16)21-15-17-9-11-19-12-10-17/h5,7-12,14,20H,1-4,6,13,15H2. The number of unbranched alkanes of at least 4 members (excludes halogenated alkanes) is 3. The monoisotopic (exact) mass is 285 g/mol. The zero-order valence-corrected chi connectivity index (χ0v) is 12.4. The van der Waals surface area contributed by atoms with Crippen LogP contribution in [0.4, 0.5) is 0 Å². The Morgan fingerprint density at radius 1 is 0.905 bits per heavy atom. The maximum atomic E-state index is 8.75. The molecule has 0 unspecified atom stereocenters. The highest BCUT2D eigenvalue weighted by Crippen LogP contribution is 2.17. The van der Waals surface area contributed by atoms with Crippen molar-refractivity contribution < 1.29 is 9.84 Å². The van der Waals surface area contributed by atoms with Gasteiger partial charge in [0.1, 0.15) is 12.4 Å². The summed E-state index contributed by atoms with van der Waals surface area (Å²) in [5, 5.41) is 8.75. The highest BCUT2D eigenvalue weighted by atomic mass is 16.5. The van der Waals surface area contributed by atoms with Crippen molar-refractivity contribution in [3.05, 3.63) is 59.9 Å². The van der Waals surface area contributed by atoms with Gasteiger partial charge in [-0.05, 0) is 54.7 Å². The van der Waals surface area contributed by atoms with Gasteiger partial charge in [0.05, 0.1) is 0 Å². The minimum absolute atomic E-state index is 0.304. The second-order valence-corrected chi connectivity index (χ2v) is 5.18. The van der Waals surface area contributed by atoms with E-state index in [1.807, 2.05) is 24.3 Å². The van der Waals surface area contributed by atoms with Gasteiger partial charge in [0.25, 0.3) is 0 Å². The van der Waals surface area contributed by atoms with Crippen LogP contribution in [0.5, 0.6) is 5.75 Å². The van der Waals surface area contributed by atoms with Crippen LogP contribution in [0.1, 0.15) is 36.8 Å². The van der Waals surface area contributed by atoms with Gasteiger partial charge >= 0.3 is 0 Å². The number of aryl methyl sites for hydroxylation is 1. The number of aliphatic hydroxyl groups excluding tert-OH is 1. The zero-order valence-electron chi connectivity index (χ0n) is 12.4. The summed E-state index contributed by atoms with van der Waals surface area (Å²) in [5.41, 5.74) is 2.44. The van der Waals surface area contributed by atoms with Crippen molar-refractivity contribution in [2.24, 2.45) is 0 Å². The maximum Gasteiger partial charge on any atom is 0.120 e. The van der Waals surface area contributed by atoms with Crippen LogP contribution >= 0.6 is 0 Å². The van der Waals surface area contributed by atoms with E-state index in [-0.39, 0.29) is 0 Å². The average Bonchev–Trinajstić information content (AvgIpc) is 2.54. The molecule has 0 fully saturated rings. The molecule has 0 aliphatic rings. The van der Waals surface area contributed by atoms with Gasteiger partial charge in [-0.25, -0.2) is 0 Å². The second-order valence-electron chi connectivity index (χ2n) is 5.18. The van der Waals surface area contributed by atoms with Gasteiger partial charge in [0.15, 0.2) is 0 Å². The molecule has 2 aromatic rings. The molecule has 0 atom stereocenters. The summed E-state index contributed by atoms with van der Waals surface area (Å²) >= 11 is 0. The lowest BCUT2D eigenvalue weighted by Gasteiger charge is -2.08. The van der Waals surface area contributed by atoms with E-state index < -0.39 is 0 Å².